The van der Waals surface area contributed by atoms with Gasteiger partial charge in [-0.1, -0.05) is 54.6 Å². The molecule has 0 aliphatic heterocycles. The molecule has 0 radical (unpaired) electrons. The number of benzene rings is 2. The smallest absolute Gasteiger partial charge is 0.249 e. The Morgan fingerprint density at radius 3 is 2.62 bits per heavy atom. The SMILES string of the molecule is Cc1ccccc1COc1cccnc1NC(=O)/C=C/c1ccccc1. The van der Waals surface area contributed by atoms with Crippen LogP contribution in [-0.2, 0) is 11.4 Å². The molecule has 4 nitrogen and oxygen atoms in total. The molecule has 0 spiro atoms. The summed E-state index contributed by atoms with van der Waals surface area (Å²) in [5.41, 5.74) is 3.21. The molecule has 1 heterocycles. The summed E-state index contributed by atoms with van der Waals surface area (Å²) in [5, 5.41) is 2.77. The van der Waals surface area contributed by atoms with Crippen molar-refractivity contribution < 1.29 is 9.53 Å². The van der Waals surface area contributed by atoms with Crippen molar-refractivity contribution in [1.82, 2.24) is 4.98 Å². The number of rotatable bonds is 6. The third-order valence-corrected chi connectivity index (χ3v) is 3.88. The molecule has 0 aliphatic carbocycles. The molecule has 0 aliphatic rings. The number of carbonyl (C=O) groups excluding carboxylic acids is 1. The quantitative estimate of drug-likeness (QED) is 0.664. The average Bonchev–Trinajstić information content (AvgIpc) is 2.68. The predicted molar refractivity (Wildman–Crippen MR) is 104 cm³/mol. The van der Waals surface area contributed by atoms with Crippen molar-refractivity contribution in [1.29, 1.82) is 0 Å². The van der Waals surface area contributed by atoms with Crippen molar-refractivity contribution in [2.75, 3.05) is 5.32 Å². The summed E-state index contributed by atoms with van der Waals surface area (Å²) < 4.78 is 5.87. The van der Waals surface area contributed by atoms with Gasteiger partial charge in [-0.2, -0.15) is 0 Å². The molecule has 0 saturated carbocycles. The van der Waals surface area contributed by atoms with Gasteiger partial charge in [0.1, 0.15) is 6.61 Å². The highest BCUT2D eigenvalue weighted by Crippen LogP contribution is 2.22. The van der Waals surface area contributed by atoms with E-state index in [-0.39, 0.29) is 5.91 Å². The first-order chi connectivity index (χ1) is 12.7. The first-order valence-corrected chi connectivity index (χ1v) is 8.39. The van der Waals surface area contributed by atoms with E-state index in [1.807, 2.05) is 61.5 Å². The number of amides is 1. The number of nitrogens with one attached hydrogen (secondary N) is 1. The zero-order valence-corrected chi connectivity index (χ0v) is 14.6. The van der Waals surface area contributed by atoms with Gasteiger partial charge in [-0.05, 0) is 41.8 Å². The zero-order chi connectivity index (χ0) is 18.2. The first kappa shape index (κ1) is 17.4. The van der Waals surface area contributed by atoms with Crippen molar-refractivity contribution in [3.63, 3.8) is 0 Å². The Kier molecular flexibility index (Phi) is 5.78. The van der Waals surface area contributed by atoms with Gasteiger partial charge in [-0.25, -0.2) is 4.98 Å². The Balaban J connectivity index is 1.66. The van der Waals surface area contributed by atoms with E-state index in [9.17, 15) is 4.79 Å². The fraction of sp³-hybridized carbons (Fsp3) is 0.0909. The number of carbonyl (C=O) groups is 1. The minimum Gasteiger partial charge on any atom is -0.485 e. The van der Waals surface area contributed by atoms with E-state index in [0.29, 0.717) is 18.2 Å². The number of aromatic nitrogens is 1. The molecular weight excluding hydrogens is 324 g/mol. The van der Waals surface area contributed by atoms with E-state index < -0.39 is 0 Å². The Bertz CT molecular complexity index is 905. The van der Waals surface area contributed by atoms with Gasteiger partial charge in [0.05, 0.1) is 0 Å². The van der Waals surface area contributed by atoms with Gasteiger partial charge >= 0.3 is 0 Å². The van der Waals surface area contributed by atoms with E-state index >= 15 is 0 Å². The maximum atomic E-state index is 12.2. The lowest BCUT2D eigenvalue weighted by Crippen LogP contribution is -2.11. The van der Waals surface area contributed by atoms with Crippen molar-refractivity contribution in [3.8, 4) is 5.75 Å². The van der Waals surface area contributed by atoms with Crippen molar-refractivity contribution >= 4 is 17.8 Å². The number of anilines is 1. The second kappa shape index (κ2) is 8.62. The molecule has 1 N–H and O–H groups in total. The molecule has 0 atom stereocenters. The zero-order valence-electron chi connectivity index (χ0n) is 14.6. The summed E-state index contributed by atoms with van der Waals surface area (Å²) in [7, 11) is 0. The normalized spacial score (nSPS) is 10.7. The first-order valence-electron chi connectivity index (χ1n) is 8.39. The third kappa shape index (κ3) is 4.80. The maximum absolute atomic E-state index is 12.2. The Morgan fingerprint density at radius 2 is 1.81 bits per heavy atom. The standard InChI is InChI=1S/C22H20N2O2/c1-17-8-5-6-11-19(17)16-26-20-12-7-15-23-22(20)24-21(25)14-13-18-9-3-2-4-10-18/h2-15H,16H2,1H3,(H,23,24,25)/b14-13+. The minimum atomic E-state index is -0.256. The Hall–Kier alpha value is -3.40. The van der Waals surface area contributed by atoms with Gasteiger partial charge in [-0.3, -0.25) is 4.79 Å². The van der Waals surface area contributed by atoms with Crippen LogP contribution in [0.1, 0.15) is 16.7 Å². The number of pyridine rings is 1. The molecule has 3 rings (SSSR count). The Labute approximate surface area is 153 Å². The molecule has 0 fully saturated rings. The van der Waals surface area contributed by atoms with E-state index in [4.69, 9.17) is 4.74 Å². The van der Waals surface area contributed by atoms with Gasteiger partial charge in [0.25, 0.3) is 0 Å². The van der Waals surface area contributed by atoms with Crippen LogP contribution in [0, 0.1) is 6.92 Å². The van der Waals surface area contributed by atoms with Crippen molar-refractivity contribution in [2.45, 2.75) is 13.5 Å². The van der Waals surface area contributed by atoms with Crippen LogP contribution in [0.25, 0.3) is 6.08 Å². The van der Waals surface area contributed by atoms with E-state index in [2.05, 4.69) is 10.3 Å². The molecule has 26 heavy (non-hydrogen) atoms. The van der Waals surface area contributed by atoms with Crippen LogP contribution in [0.2, 0.25) is 0 Å². The van der Waals surface area contributed by atoms with Gasteiger partial charge in [0, 0.05) is 12.3 Å². The third-order valence-electron chi connectivity index (χ3n) is 3.88. The largest absolute Gasteiger partial charge is 0.485 e. The molecule has 3 aromatic rings. The molecule has 2 aromatic carbocycles. The summed E-state index contributed by atoms with van der Waals surface area (Å²) >= 11 is 0. The summed E-state index contributed by atoms with van der Waals surface area (Å²) in [6, 6.07) is 21.3. The van der Waals surface area contributed by atoms with Crippen LogP contribution >= 0.6 is 0 Å². The lowest BCUT2D eigenvalue weighted by molar-refractivity contribution is -0.111. The van der Waals surface area contributed by atoms with Gasteiger partial charge in [-0.15, -0.1) is 0 Å². The van der Waals surface area contributed by atoms with Crippen LogP contribution < -0.4 is 10.1 Å². The number of aryl methyl sites for hydroxylation is 1. The summed E-state index contributed by atoms with van der Waals surface area (Å²) in [6.07, 6.45) is 4.86. The molecular formula is C22H20N2O2. The number of hydrogen-bond acceptors (Lipinski definition) is 3. The molecule has 130 valence electrons. The Morgan fingerprint density at radius 1 is 1.04 bits per heavy atom. The number of ether oxygens (including phenoxy) is 1. The fourth-order valence-corrected chi connectivity index (χ4v) is 2.42. The lowest BCUT2D eigenvalue weighted by atomic mass is 10.1. The van der Waals surface area contributed by atoms with Crippen molar-refractivity contribution in [2.24, 2.45) is 0 Å². The number of nitrogens with zero attached hydrogens (tertiary/aromatic N) is 1. The lowest BCUT2D eigenvalue weighted by Gasteiger charge is -2.12. The molecule has 0 unspecified atom stereocenters. The second-order valence-corrected chi connectivity index (χ2v) is 5.80. The topological polar surface area (TPSA) is 51.2 Å². The van der Waals surface area contributed by atoms with Gasteiger partial charge in [0.2, 0.25) is 5.91 Å². The van der Waals surface area contributed by atoms with Crippen molar-refractivity contribution in [3.05, 3.63) is 95.7 Å². The summed E-state index contributed by atoms with van der Waals surface area (Å²) in [5.74, 6) is 0.689. The highest BCUT2D eigenvalue weighted by molar-refractivity contribution is 6.02. The maximum Gasteiger partial charge on any atom is 0.249 e. The molecule has 4 heteroatoms. The highest BCUT2D eigenvalue weighted by Gasteiger charge is 2.08. The molecule has 1 amide bonds. The molecule has 1 aromatic heterocycles. The fourth-order valence-electron chi connectivity index (χ4n) is 2.42. The van der Waals surface area contributed by atoms with Gasteiger partial charge in [0.15, 0.2) is 11.6 Å². The highest BCUT2D eigenvalue weighted by atomic mass is 16.5. The van der Waals surface area contributed by atoms with Crippen LogP contribution in [0.15, 0.2) is 79.0 Å². The second-order valence-electron chi connectivity index (χ2n) is 5.80. The average molecular weight is 344 g/mol. The van der Waals surface area contributed by atoms with E-state index in [1.165, 1.54) is 6.08 Å². The van der Waals surface area contributed by atoms with E-state index in [1.54, 1.807) is 24.4 Å². The van der Waals surface area contributed by atoms with Crippen LogP contribution in [0.3, 0.4) is 0 Å². The minimum absolute atomic E-state index is 0.256. The van der Waals surface area contributed by atoms with E-state index in [0.717, 1.165) is 16.7 Å². The summed E-state index contributed by atoms with van der Waals surface area (Å²) in [4.78, 5) is 16.4. The van der Waals surface area contributed by atoms with Crippen LogP contribution in [-0.4, -0.2) is 10.9 Å². The predicted octanol–water partition coefficient (Wildman–Crippen LogP) is 4.62. The molecule has 0 saturated heterocycles. The number of hydrogen-bond donors (Lipinski definition) is 1. The monoisotopic (exact) mass is 344 g/mol. The van der Waals surface area contributed by atoms with Crippen LogP contribution in [0.4, 0.5) is 5.82 Å². The van der Waals surface area contributed by atoms with Gasteiger partial charge < -0.3 is 10.1 Å². The summed E-state index contributed by atoms with van der Waals surface area (Å²) in [6.45, 7) is 2.46. The van der Waals surface area contributed by atoms with Crippen LogP contribution in [0.5, 0.6) is 5.75 Å². The molecule has 0 bridgehead atoms.